The molecule has 11 rings (SSSR count). The third-order valence-corrected chi connectivity index (χ3v) is 17.0. The topological polar surface area (TPSA) is 226 Å². The Morgan fingerprint density at radius 1 is 0.405 bits per heavy atom. The minimum atomic E-state index is 0.672. The summed E-state index contributed by atoms with van der Waals surface area (Å²) in [6.07, 6.45) is 10.6. The molecule has 0 atom stereocenters. The van der Waals surface area contributed by atoms with E-state index in [1.54, 1.807) is 0 Å². The van der Waals surface area contributed by atoms with Crippen LogP contribution >= 0.6 is 0 Å². The second-order valence-electron chi connectivity index (χ2n) is 23.0. The fourth-order valence-electron chi connectivity index (χ4n) is 12.5. The van der Waals surface area contributed by atoms with Gasteiger partial charge in [0.25, 0.3) is 0 Å². The van der Waals surface area contributed by atoms with E-state index in [0.29, 0.717) is 13.2 Å². The lowest BCUT2D eigenvalue weighted by Gasteiger charge is -2.26. The molecule has 17 heteroatoms. The molecule has 0 aliphatic carbocycles. The number of nitrogens with one attached hydrogen (secondary N) is 4. The van der Waals surface area contributed by atoms with Gasteiger partial charge in [-0.05, 0) is 190 Å². The van der Waals surface area contributed by atoms with Gasteiger partial charge in [0.15, 0.2) is 0 Å². The van der Waals surface area contributed by atoms with E-state index in [2.05, 4.69) is 94.9 Å². The van der Waals surface area contributed by atoms with Crippen LogP contribution in [-0.4, -0.2) is 159 Å². The second kappa shape index (κ2) is 30.4. The molecule has 7 heterocycles. The number of anilines is 4. The van der Waals surface area contributed by atoms with Crippen LogP contribution in [0, 0.1) is 27.7 Å². The molecule has 458 valence electrons. The maximum Gasteiger partial charge on any atom is 0.143 e. The molecule has 3 aliphatic rings. The van der Waals surface area contributed by atoms with Crippen molar-refractivity contribution < 1.29 is 23.7 Å². The quantitative estimate of drug-likeness (QED) is 0.0333. The van der Waals surface area contributed by atoms with Crippen LogP contribution < -0.4 is 41.9 Å². The van der Waals surface area contributed by atoms with Crippen LogP contribution in [0.4, 0.5) is 22.7 Å². The zero-order chi connectivity index (χ0) is 59.9. The fraction of sp³-hybridized carbons (Fsp3) is 0.522. The number of H-pyrrole nitrogens is 4. The lowest BCUT2D eigenvalue weighted by molar-refractivity contribution is 0.0323. The van der Waals surface area contributed by atoms with Gasteiger partial charge in [-0.15, -0.1) is 0 Å². The fourth-order valence-corrected chi connectivity index (χ4v) is 12.5. The van der Waals surface area contributed by atoms with Crippen LogP contribution in [0.15, 0.2) is 48.5 Å². The number of benzene rings is 4. The molecule has 12 N–H and O–H groups in total. The third kappa shape index (κ3) is 15.4. The smallest absolute Gasteiger partial charge is 0.143 e. The standard InChI is InChI=1S/C18H27N3O.C17H25N3O2.C17H25N3O.C15H23N3O/c1-3-14-13(2)20-18-16(8-7-15(19)17(14)18)22-12-11-21-9-5-4-6-10-21;1-3-13-12(2)19-17-15(5-4-14(18)16(13)17)22-11-8-20-6-9-21-10-7-20;1-3-13-12(2)19-17-15(7-6-14(18)16(13)17)21-11-10-20-8-4-5-9-20;1-5-11-10(2)17-15-13(19-9-8-18(3)4)7-6-12(16)14(11)15/h7-8,20H,3-6,9-12,19H2,1-2H3;4-5,19H,3,6-11,18H2,1-2H3;6-7,19H,3-5,8-11,18H2,1-2H3;6-7,17H,5,8-9,16H2,1-4H3. The van der Waals surface area contributed by atoms with E-state index in [-0.39, 0.29) is 0 Å². The highest BCUT2D eigenvalue weighted by atomic mass is 16.5. The Hall–Kier alpha value is -6.76. The van der Waals surface area contributed by atoms with E-state index >= 15 is 0 Å². The van der Waals surface area contributed by atoms with E-state index in [1.165, 1.54) is 103 Å². The van der Waals surface area contributed by atoms with Gasteiger partial charge in [0.05, 0.1) is 35.3 Å². The summed E-state index contributed by atoms with van der Waals surface area (Å²) in [5.41, 5.74) is 41.9. The van der Waals surface area contributed by atoms with Crippen molar-refractivity contribution in [2.24, 2.45) is 0 Å². The number of piperidine rings is 1. The average Bonchev–Trinajstić information content (AvgIpc) is 4.53. The molecule has 0 amide bonds. The molecule has 8 aromatic rings. The van der Waals surface area contributed by atoms with Crippen LogP contribution in [0.3, 0.4) is 0 Å². The van der Waals surface area contributed by atoms with Gasteiger partial charge in [0.2, 0.25) is 0 Å². The first-order valence-electron chi connectivity index (χ1n) is 31.1. The summed E-state index contributed by atoms with van der Waals surface area (Å²) in [4.78, 5) is 23.2. The normalized spacial score (nSPS) is 15.1. The van der Waals surface area contributed by atoms with Gasteiger partial charge in [-0.3, -0.25) is 14.7 Å². The zero-order valence-electron chi connectivity index (χ0n) is 52.4. The number of aromatic nitrogens is 4. The number of aromatic amines is 4. The van der Waals surface area contributed by atoms with Crippen molar-refractivity contribution in [2.45, 2.75) is 113 Å². The minimum absolute atomic E-state index is 0.672. The van der Waals surface area contributed by atoms with E-state index in [9.17, 15) is 0 Å². The van der Waals surface area contributed by atoms with Crippen LogP contribution in [-0.2, 0) is 30.4 Å². The van der Waals surface area contributed by atoms with Gasteiger partial charge in [-0.1, -0.05) is 34.1 Å². The number of hydrogen-bond acceptors (Lipinski definition) is 13. The number of hydrogen-bond donors (Lipinski definition) is 8. The number of nitrogens with zero attached hydrogens (tertiary/aromatic N) is 4. The maximum atomic E-state index is 6.18. The first-order chi connectivity index (χ1) is 40.6. The van der Waals surface area contributed by atoms with Crippen molar-refractivity contribution in [3.8, 4) is 23.0 Å². The molecule has 0 radical (unpaired) electrons. The Balaban J connectivity index is 0.000000146. The number of rotatable bonds is 20. The van der Waals surface area contributed by atoms with Crippen LogP contribution in [0.5, 0.6) is 23.0 Å². The number of nitrogens with two attached hydrogens (primary N) is 4. The number of nitrogen functional groups attached to an aromatic ring is 4. The highest BCUT2D eigenvalue weighted by Gasteiger charge is 2.20. The lowest BCUT2D eigenvalue weighted by Crippen LogP contribution is -2.38. The minimum Gasteiger partial charge on any atom is -0.490 e. The molecule has 3 saturated heterocycles. The first-order valence-corrected chi connectivity index (χ1v) is 31.1. The summed E-state index contributed by atoms with van der Waals surface area (Å²) < 4.78 is 29.3. The van der Waals surface area contributed by atoms with Crippen LogP contribution in [0.1, 0.15) is 105 Å². The molecule has 4 aromatic heterocycles. The van der Waals surface area contributed by atoms with Crippen molar-refractivity contribution in [1.82, 2.24) is 39.5 Å². The molecule has 3 aliphatic heterocycles. The molecule has 4 aromatic carbocycles. The Morgan fingerprint density at radius 2 is 0.679 bits per heavy atom. The van der Waals surface area contributed by atoms with Crippen LogP contribution in [0.2, 0.25) is 0 Å². The number of ether oxygens (including phenoxy) is 5. The summed E-state index contributed by atoms with van der Waals surface area (Å²) in [6, 6.07) is 15.7. The largest absolute Gasteiger partial charge is 0.490 e. The molecule has 3 fully saturated rings. The molecule has 84 heavy (non-hydrogen) atoms. The monoisotopic (exact) mass is 1150 g/mol. The average molecular weight is 1150 g/mol. The SMILES string of the molecule is CCc1c(C)[nH]c2c(OCCN(C)C)ccc(N)c12.CCc1c(C)[nH]c2c(OCCN3CCCC3)ccc(N)c12.CCc1c(C)[nH]c2c(OCCN3CCCCC3)ccc(N)c12.CCc1c(C)[nH]c2c(OCCN3CCOCC3)ccc(N)c12. The molecule has 0 bridgehead atoms. The van der Waals surface area contributed by atoms with Crippen molar-refractivity contribution in [3.63, 3.8) is 0 Å². The molecular weight excluding hydrogens is 1050 g/mol. The highest BCUT2D eigenvalue weighted by molar-refractivity contribution is 6.01. The van der Waals surface area contributed by atoms with E-state index < -0.39 is 0 Å². The summed E-state index contributed by atoms with van der Waals surface area (Å²) in [5, 5.41) is 4.50. The third-order valence-electron chi connectivity index (χ3n) is 17.0. The van der Waals surface area contributed by atoms with Gasteiger partial charge < -0.3 is 71.5 Å². The Bertz CT molecular complexity index is 3260. The van der Waals surface area contributed by atoms with E-state index in [4.69, 9.17) is 46.6 Å². The number of likely N-dealkylation sites (tertiary alicyclic amines) is 2. The van der Waals surface area contributed by atoms with Gasteiger partial charge in [0.1, 0.15) is 49.4 Å². The predicted octanol–water partition coefficient (Wildman–Crippen LogP) is 11.5. The van der Waals surface area contributed by atoms with Crippen molar-refractivity contribution in [3.05, 3.63) is 93.6 Å². The van der Waals surface area contributed by atoms with Crippen molar-refractivity contribution >= 4 is 66.4 Å². The number of aryl methyl sites for hydroxylation is 8. The molecule has 0 saturated carbocycles. The summed E-state index contributed by atoms with van der Waals surface area (Å²) in [7, 11) is 4.08. The van der Waals surface area contributed by atoms with Gasteiger partial charge in [-0.2, -0.15) is 0 Å². The van der Waals surface area contributed by atoms with Gasteiger partial charge in [-0.25, -0.2) is 0 Å². The summed E-state index contributed by atoms with van der Waals surface area (Å²) in [6.45, 7) is 32.1. The second-order valence-corrected chi connectivity index (χ2v) is 23.0. The maximum absolute atomic E-state index is 6.18. The number of likely N-dealkylation sites (N-methyl/N-ethyl adjacent to an activating group) is 1. The molecule has 0 unspecified atom stereocenters. The lowest BCUT2D eigenvalue weighted by atomic mass is 10.1. The van der Waals surface area contributed by atoms with E-state index in [0.717, 1.165) is 181 Å². The summed E-state index contributed by atoms with van der Waals surface area (Å²) >= 11 is 0. The number of morpholine rings is 1. The molecular formula is C67H100N12O5. The summed E-state index contributed by atoms with van der Waals surface area (Å²) in [5.74, 6) is 3.61. The van der Waals surface area contributed by atoms with E-state index in [1.807, 2.05) is 62.6 Å². The zero-order valence-corrected chi connectivity index (χ0v) is 52.4. The van der Waals surface area contributed by atoms with Crippen molar-refractivity contribution in [1.29, 1.82) is 0 Å². The number of fused-ring (bicyclic) bond motifs is 4. The first kappa shape index (κ1) is 63.3. The molecule has 17 nitrogen and oxygen atoms in total. The van der Waals surface area contributed by atoms with Gasteiger partial charge in [0, 0.05) is 106 Å². The molecule has 0 spiro atoms. The van der Waals surface area contributed by atoms with Crippen molar-refractivity contribution in [2.75, 3.05) is 142 Å². The Kier molecular flexibility index (Phi) is 22.9. The Morgan fingerprint density at radius 3 is 0.964 bits per heavy atom. The highest BCUT2D eigenvalue weighted by Crippen LogP contribution is 2.38. The Labute approximate surface area is 499 Å². The predicted molar refractivity (Wildman–Crippen MR) is 351 cm³/mol. The van der Waals surface area contributed by atoms with Gasteiger partial charge >= 0.3 is 0 Å². The van der Waals surface area contributed by atoms with Crippen LogP contribution in [0.25, 0.3) is 43.6 Å².